The molecule has 0 saturated carbocycles. The largest absolute Gasteiger partial charge is 0.358 e. The molecule has 0 aliphatic carbocycles. The fraction of sp³-hybridized carbons (Fsp3) is 0.462. The number of aliphatic imine (C=N–C) groups is 1. The Kier molecular flexibility index (Phi) is 2.20. The maximum atomic E-state index is 4.82. The molecule has 78 valence electrons. The zero-order chi connectivity index (χ0) is 10.1. The third-order valence-electron chi connectivity index (χ3n) is 3.33. The molecular formula is C13H16N2. The summed E-state index contributed by atoms with van der Waals surface area (Å²) in [5.41, 5.74) is 1.36. The van der Waals surface area contributed by atoms with Gasteiger partial charge in [-0.2, -0.15) is 0 Å². The molecule has 2 aliphatic heterocycles. The minimum atomic E-state index is 0.388. The van der Waals surface area contributed by atoms with Crippen molar-refractivity contribution in [2.24, 2.45) is 4.99 Å². The van der Waals surface area contributed by atoms with E-state index < -0.39 is 0 Å². The van der Waals surface area contributed by atoms with Crippen LogP contribution in [0, 0.1) is 0 Å². The van der Waals surface area contributed by atoms with E-state index in [0.717, 1.165) is 6.54 Å². The maximum Gasteiger partial charge on any atom is 0.0998 e. The van der Waals surface area contributed by atoms with Gasteiger partial charge in [0, 0.05) is 19.5 Å². The van der Waals surface area contributed by atoms with E-state index in [1.165, 1.54) is 37.2 Å². The summed E-state index contributed by atoms with van der Waals surface area (Å²) in [6.07, 6.45) is 3.83. The average molecular weight is 200 g/mol. The first-order chi connectivity index (χ1) is 7.43. The van der Waals surface area contributed by atoms with Crippen LogP contribution in [0.5, 0.6) is 0 Å². The predicted octanol–water partition coefficient (Wildman–Crippen LogP) is 2.63. The zero-order valence-electron chi connectivity index (χ0n) is 8.89. The van der Waals surface area contributed by atoms with Crippen LogP contribution in [0.3, 0.4) is 0 Å². The van der Waals surface area contributed by atoms with Crippen LogP contribution in [-0.2, 0) is 0 Å². The minimum absolute atomic E-state index is 0.388. The van der Waals surface area contributed by atoms with Gasteiger partial charge in [0.25, 0.3) is 0 Å². The van der Waals surface area contributed by atoms with Gasteiger partial charge in [-0.1, -0.05) is 30.3 Å². The van der Waals surface area contributed by atoms with Gasteiger partial charge < -0.3 is 4.90 Å². The van der Waals surface area contributed by atoms with E-state index in [9.17, 15) is 0 Å². The van der Waals surface area contributed by atoms with Crippen LogP contribution in [0.25, 0.3) is 0 Å². The zero-order valence-corrected chi connectivity index (χ0v) is 8.89. The highest BCUT2D eigenvalue weighted by molar-refractivity contribution is 5.84. The number of rotatable bonds is 1. The van der Waals surface area contributed by atoms with Gasteiger partial charge in [0.2, 0.25) is 0 Å². The molecule has 1 aromatic carbocycles. The second-order valence-corrected chi connectivity index (χ2v) is 4.37. The SMILES string of the molecule is c1ccc([C@H]2CN3CCCCC3=N2)cc1. The Morgan fingerprint density at radius 3 is 2.80 bits per heavy atom. The third kappa shape index (κ3) is 1.65. The quantitative estimate of drug-likeness (QED) is 0.680. The fourth-order valence-corrected chi connectivity index (χ4v) is 2.50. The number of nitrogens with zero attached hydrogens (tertiary/aromatic N) is 2. The topological polar surface area (TPSA) is 15.6 Å². The van der Waals surface area contributed by atoms with Crippen molar-refractivity contribution in [1.29, 1.82) is 0 Å². The van der Waals surface area contributed by atoms with Crippen LogP contribution in [0.15, 0.2) is 35.3 Å². The Bertz CT molecular complexity index is 369. The summed E-state index contributed by atoms with van der Waals surface area (Å²) >= 11 is 0. The average Bonchev–Trinajstić information content (AvgIpc) is 2.74. The van der Waals surface area contributed by atoms with Gasteiger partial charge in [-0.3, -0.25) is 4.99 Å². The first-order valence-corrected chi connectivity index (χ1v) is 5.80. The molecule has 0 radical (unpaired) electrons. The summed E-state index contributed by atoms with van der Waals surface area (Å²) in [6, 6.07) is 11.0. The lowest BCUT2D eigenvalue weighted by molar-refractivity contribution is 0.384. The molecule has 1 fully saturated rings. The van der Waals surface area contributed by atoms with Crippen LogP contribution < -0.4 is 0 Å². The van der Waals surface area contributed by atoms with E-state index in [2.05, 4.69) is 35.2 Å². The van der Waals surface area contributed by atoms with Crippen LogP contribution in [0.1, 0.15) is 30.9 Å². The van der Waals surface area contributed by atoms with Crippen molar-refractivity contribution in [2.45, 2.75) is 25.3 Å². The van der Waals surface area contributed by atoms with E-state index in [4.69, 9.17) is 4.99 Å². The highest BCUT2D eigenvalue weighted by atomic mass is 15.3. The molecule has 2 aliphatic rings. The summed E-state index contributed by atoms with van der Waals surface area (Å²) in [7, 11) is 0. The monoisotopic (exact) mass is 200 g/mol. The van der Waals surface area contributed by atoms with Crippen molar-refractivity contribution in [3.05, 3.63) is 35.9 Å². The van der Waals surface area contributed by atoms with Gasteiger partial charge in [-0.25, -0.2) is 0 Å². The van der Waals surface area contributed by atoms with E-state index in [1.807, 2.05) is 0 Å². The number of hydrogen-bond donors (Lipinski definition) is 0. The standard InChI is InChI=1S/C13H16N2/c1-2-6-11(7-3-1)12-10-15-9-5-4-8-13(15)14-12/h1-3,6-7,12H,4-5,8-10H2/t12-/m1/s1. The Morgan fingerprint density at radius 1 is 1.13 bits per heavy atom. The van der Waals surface area contributed by atoms with E-state index in [0.29, 0.717) is 6.04 Å². The van der Waals surface area contributed by atoms with Crippen molar-refractivity contribution in [3.8, 4) is 0 Å². The highest BCUT2D eigenvalue weighted by Crippen LogP contribution is 2.28. The molecule has 0 spiro atoms. The Balaban J connectivity index is 1.83. The highest BCUT2D eigenvalue weighted by Gasteiger charge is 2.27. The molecule has 15 heavy (non-hydrogen) atoms. The molecule has 2 heterocycles. The Morgan fingerprint density at radius 2 is 2.00 bits per heavy atom. The Labute approximate surface area is 90.6 Å². The second kappa shape index (κ2) is 3.69. The molecule has 0 N–H and O–H groups in total. The molecule has 0 bridgehead atoms. The first kappa shape index (κ1) is 8.96. The molecule has 2 heteroatoms. The van der Waals surface area contributed by atoms with Crippen LogP contribution in [0.4, 0.5) is 0 Å². The molecule has 1 aromatic rings. The second-order valence-electron chi connectivity index (χ2n) is 4.37. The Hall–Kier alpha value is -1.31. The molecule has 3 rings (SSSR count). The van der Waals surface area contributed by atoms with Crippen LogP contribution >= 0.6 is 0 Å². The van der Waals surface area contributed by atoms with Crippen molar-refractivity contribution < 1.29 is 0 Å². The summed E-state index contributed by atoms with van der Waals surface area (Å²) < 4.78 is 0. The molecule has 0 amide bonds. The summed E-state index contributed by atoms with van der Waals surface area (Å²) in [5.74, 6) is 1.34. The summed E-state index contributed by atoms with van der Waals surface area (Å²) in [6.45, 7) is 2.31. The molecule has 2 nitrogen and oxygen atoms in total. The molecule has 1 atom stereocenters. The van der Waals surface area contributed by atoms with Crippen molar-refractivity contribution in [2.75, 3.05) is 13.1 Å². The lowest BCUT2D eigenvalue weighted by Crippen LogP contribution is -2.32. The number of piperidine rings is 1. The molecular weight excluding hydrogens is 184 g/mol. The van der Waals surface area contributed by atoms with E-state index in [-0.39, 0.29) is 0 Å². The summed E-state index contributed by atoms with van der Waals surface area (Å²) in [4.78, 5) is 7.28. The molecule has 1 saturated heterocycles. The van der Waals surface area contributed by atoms with Gasteiger partial charge in [0.15, 0.2) is 0 Å². The number of hydrogen-bond acceptors (Lipinski definition) is 2. The van der Waals surface area contributed by atoms with Gasteiger partial charge in [-0.15, -0.1) is 0 Å². The van der Waals surface area contributed by atoms with Crippen LogP contribution in [0.2, 0.25) is 0 Å². The maximum absolute atomic E-state index is 4.82. The summed E-state index contributed by atoms with van der Waals surface area (Å²) in [5, 5.41) is 0. The van der Waals surface area contributed by atoms with Crippen LogP contribution in [-0.4, -0.2) is 23.8 Å². The molecule has 0 unspecified atom stereocenters. The lowest BCUT2D eigenvalue weighted by atomic mass is 10.1. The molecule has 0 aromatic heterocycles. The predicted molar refractivity (Wildman–Crippen MR) is 62.0 cm³/mol. The minimum Gasteiger partial charge on any atom is -0.358 e. The number of amidine groups is 1. The lowest BCUT2D eigenvalue weighted by Gasteiger charge is -2.25. The van der Waals surface area contributed by atoms with Crippen molar-refractivity contribution in [3.63, 3.8) is 0 Å². The number of benzene rings is 1. The van der Waals surface area contributed by atoms with Gasteiger partial charge >= 0.3 is 0 Å². The van der Waals surface area contributed by atoms with Crippen molar-refractivity contribution in [1.82, 2.24) is 4.90 Å². The van der Waals surface area contributed by atoms with Gasteiger partial charge in [0.05, 0.1) is 11.9 Å². The smallest absolute Gasteiger partial charge is 0.0998 e. The van der Waals surface area contributed by atoms with E-state index in [1.54, 1.807) is 0 Å². The van der Waals surface area contributed by atoms with Gasteiger partial charge in [-0.05, 0) is 18.4 Å². The fourth-order valence-electron chi connectivity index (χ4n) is 2.50. The first-order valence-electron chi connectivity index (χ1n) is 5.80. The van der Waals surface area contributed by atoms with Crippen molar-refractivity contribution >= 4 is 5.84 Å². The third-order valence-corrected chi connectivity index (χ3v) is 3.33. The number of fused-ring (bicyclic) bond motifs is 1. The van der Waals surface area contributed by atoms with Gasteiger partial charge in [0.1, 0.15) is 0 Å². The normalized spacial score (nSPS) is 24.9. The van der Waals surface area contributed by atoms with E-state index >= 15 is 0 Å².